The van der Waals surface area contributed by atoms with Crippen molar-refractivity contribution in [3.63, 3.8) is 0 Å². The second kappa shape index (κ2) is 11.0. The Labute approximate surface area is 223 Å². The lowest BCUT2D eigenvalue weighted by molar-refractivity contribution is -0.141. The summed E-state index contributed by atoms with van der Waals surface area (Å²) in [5.41, 5.74) is 2.22. The van der Waals surface area contributed by atoms with Gasteiger partial charge in [-0.05, 0) is 51.0 Å². The first kappa shape index (κ1) is 26.7. The SMILES string of the molecule is CC1=C(C(=O)OCc2ccccc2)C(c2ccc(Cl)cc2)CC(=O)N1CC1CN(C(=O)OC(C)(C)C)C1. The standard InChI is InChI=1S/C29H33ClN2O5/c1-19-26(27(34)36-18-20-8-6-5-7-9-20)24(22-10-12-23(30)13-11-22)14-25(33)32(19)17-21-15-31(16-21)28(35)37-29(2,3)4/h5-13,21,24H,14-18H2,1-4H3. The van der Waals surface area contributed by atoms with Crippen LogP contribution in [0.15, 0.2) is 65.9 Å². The van der Waals surface area contributed by atoms with E-state index in [1.54, 1.807) is 28.9 Å². The number of hydrogen-bond acceptors (Lipinski definition) is 5. The van der Waals surface area contributed by atoms with Gasteiger partial charge >= 0.3 is 12.1 Å². The molecular formula is C29H33ClN2O5. The number of carbonyl (C=O) groups excluding carboxylic acids is 3. The summed E-state index contributed by atoms with van der Waals surface area (Å²) < 4.78 is 11.1. The molecule has 4 rings (SSSR count). The van der Waals surface area contributed by atoms with E-state index in [0.29, 0.717) is 35.9 Å². The van der Waals surface area contributed by atoms with Crippen molar-refractivity contribution in [3.05, 3.63) is 82.0 Å². The third-order valence-corrected chi connectivity index (χ3v) is 6.83. The van der Waals surface area contributed by atoms with Crippen LogP contribution in [0.4, 0.5) is 4.79 Å². The van der Waals surface area contributed by atoms with E-state index in [0.717, 1.165) is 11.1 Å². The Morgan fingerprint density at radius 3 is 2.30 bits per heavy atom. The summed E-state index contributed by atoms with van der Waals surface area (Å²) in [4.78, 5) is 42.3. The van der Waals surface area contributed by atoms with E-state index >= 15 is 0 Å². The summed E-state index contributed by atoms with van der Waals surface area (Å²) in [5.74, 6) is -0.834. The van der Waals surface area contributed by atoms with Crippen molar-refractivity contribution in [1.29, 1.82) is 0 Å². The maximum Gasteiger partial charge on any atom is 0.410 e. The summed E-state index contributed by atoms with van der Waals surface area (Å²) in [5, 5.41) is 0.584. The maximum absolute atomic E-state index is 13.4. The topological polar surface area (TPSA) is 76.2 Å². The van der Waals surface area contributed by atoms with Gasteiger partial charge in [-0.2, -0.15) is 0 Å². The van der Waals surface area contributed by atoms with E-state index in [-0.39, 0.29) is 30.9 Å². The highest BCUT2D eigenvalue weighted by atomic mass is 35.5. The fraction of sp³-hybridized carbons (Fsp3) is 0.414. The van der Waals surface area contributed by atoms with E-state index in [1.165, 1.54) is 0 Å². The molecule has 0 bridgehead atoms. The van der Waals surface area contributed by atoms with Gasteiger partial charge in [0, 0.05) is 48.6 Å². The van der Waals surface area contributed by atoms with Gasteiger partial charge in [0.05, 0.1) is 5.57 Å². The Hall–Kier alpha value is -3.32. The van der Waals surface area contributed by atoms with Crippen LogP contribution in [-0.2, 0) is 25.7 Å². The monoisotopic (exact) mass is 524 g/mol. The number of likely N-dealkylation sites (tertiary alicyclic amines) is 1. The number of rotatable bonds is 6. The molecule has 0 N–H and O–H groups in total. The van der Waals surface area contributed by atoms with Crippen molar-refractivity contribution < 1.29 is 23.9 Å². The minimum atomic E-state index is -0.560. The number of nitrogens with zero attached hydrogens (tertiary/aromatic N) is 2. The predicted molar refractivity (Wildman–Crippen MR) is 141 cm³/mol. The highest BCUT2D eigenvalue weighted by molar-refractivity contribution is 6.30. The van der Waals surface area contributed by atoms with Crippen LogP contribution in [0.25, 0.3) is 0 Å². The molecule has 37 heavy (non-hydrogen) atoms. The van der Waals surface area contributed by atoms with Crippen LogP contribution < -0.4 is 0 Å². The average molecular weight is 525 g/mol. The van der Waals surface area contributed by atoms with Gasteiger partial charge < -0.3 is 19.3 Å². The third-order valence-electron chi connectivity index (χ3n) is 6.58. The average Bonchev–Trinajstić information content (AvgIpc) is 2.81. The largest absolute Gasteiger partial charge is 0.457 e. The Balaban J connectivity index is 1.52. The quantitative estimate of drug-likeness (QED) is 0.464. The number of hydrogen-bond donors (Lipinski definition) is 0. The smallest absolute Gasteiger partial charge is 0.410 e. The van der Waals surface area contributed by atoms with Gasteiger partial charge in [0.2, 0.25) is 5.91 Å². The number of benzene rings is 2. The number of amides is 2. The molecule has 2 aliphatic heterocycles. The molecule has 0 radical (unpaired) electrons. The van der Waals surface area contributed by atoms with E-state index in [4.69, 9.17) is 21.1 Å². The second-order valence-electron chi connectivity index (χ2n) is 10.6. The summed E-state index contributed by atoms with van der Waals surface area (Å²) in [6, 6.07) is 16.7. The molecule has 0 aliphatic carbocycles. The summed E-state index contributed by atoms with van der Waals surface area (Å²) in [6.45, 7) is 8.86. The molecule has 2 heterocycles. The fourth-order valence-electron chi connectivity index (χ4n) is 4.70. The molecule has 0 spiro atoms. The number of allylic oxidation sites excluding steroid dienone is 1. The molecule has 1 saturated heterocycles. The lowest BCUT2D eigenvalue weighted by atomic mass is 9.83. The molecule has 196 valence electrons. The van der Waals surface area contributed by atoms with Gasteiger partial charge in [-0.25, -0.2) is 9.59 Å². The Kier molecular flexibility index (Phi) is 7.93. The second-order valence-corrected chi connectivity index (χ2v) is 11.1. The van der Waals surface area contributed by atoms with Gasteiger partial charge in [-0.3, -0.25) is 4.79 Å². The molecule has 8 heteroatoms. The maximum atomic E-state index is 13.4. The van der Waals surface area contributed by atoms with Gasteiger partial charge in [0.1, 0.15) is 12.2 Å². The van der Waals surface area contributed by atoms with Crippen LogP contribution in [-0.4, -0.2) is 53.0 Å². The van der Waals surface area contributed by atoms with Crippen molar-refractivity contribution in [3.8, 4) is 0 Å². The summed E-state index contributed by atoms with van der Waals surface area (Å²) >= 11 is 6.08. The lowest BCUT2D eigenvalue weighted by Gasteiger charge is -2.43. The van der Waals surface area contributed by atoms with E-state index < -0.39 is 17.5 Å². The molecule has 2 aromatic carbocycles. The van der Waals surface area contributed by atoms with Gasteiger partial charge in [-0.15, -0.1) is 0 Å². The van der Waals surface area contributed by atoms with Gasteiger partial charge in [0.15, 0.2) is 0 Å². The normalized spacial score (nSPS) is 18.5. The minimum absolute atomic E-state index is 0.0622. The lowest BCUT2D eigenvalue weighted by Crippen LogP contribution is -2.55. The van der Waals surface area contributed by atoms with Crippen molar-refractivity contribution in [2.75, 3.05) is 19.6 Å². The van der Waals surface area contributed by atoms with Crippen molar-refractivity contribution in [2.45, 2.75) is 52.2 Å². The molecular weight excluding hydrogens is 492 g/mol. The Bertz CT molecular complexity index is 1180. The highest BCUT2D eigenvalue weighted by Crippen LogP contribution is 2.38. The number of halogens is 1. The van der Waals surface area contributed by atoms with Crippen LogP contribution in [0, 0.1) is 5.92 Å². The molecule has 1 atom stereocenters. The van der Waals surface area contributed by atoms with Crippen molar-refractivity contribution >= 4 is 29.6 Å². The van der Waals surface area contributed by atoms with Gasteiger partial charge in [0.25, 0.3) is 0 Å². The minimum Gasteiger partial charge on any atom is -0.457 e. The Morgan fingerprint density at radius 1 is 1.03 bits per heavy atom. The molecule has 2 aromatic rings. The first-order valence-corrected chi connectivity index (χ1v) is 12.8. The van der Waals surface area contributed by atoms with Crippen molar-refractivity contribution in [2.24, 2.45) is 5.92 Å². The van der Waals surface area contributed by atoms with Gasteiger partial charge in [-0.1, -0.05) is 54.1 Å². The summed E-state index contributed by atoms with van der Waals surface area (Å²) in [6.07, 6.45) is -0.203. The van der Waals surface area contributed by atoms with Crippen LogP contribution in [0.1, 0.15) is 51.2 Å². The molecule has 0 saturated carbocycles. The van der Waals surface area contributed by atoms with Crippen LogP contribution in [0.5, 0.6) is 0 Å². The zero-order valence-electron chi connectivity index (χ0n) is 21.7. The molecule has 1 fully saturated rings. The van der Waals surface area contributed by atoms with Crippen LogP contribution in [0.3, 0.4) is 0 Å². The zero-order valence-corrected chi connectivity index (χ0v) is 22.5. The van der Waals surface area contributed by atoms with Crippen LogP contribution >= 0.6 is 11.6 Å². The number of carbonyl (C=O) groups is 3. The first-order valence-electron chi connectivity index (χ1n) is 12.5. The molecule has 2 aliphatic rings. The zero-order chi connectivity index (χ0) is 26.7. The Morgan fingerprint density at radius 2 is 1.68 bits per heavy atom. The number of ether oxygens (including phenoxy) is 2. The molecule has 1 unspecified atom stereocenters. The molecule has 7 nitrogen and oxygen atoms in total. The molecule has 2 amide bonds. The summed E-state index contributed by atoms with van der Waals surface area (Å²) in [7, 11) is 0. The predicted octanol–water partition coefficient (Wildman–Crippen LogP) is 5.54. The fourth-order valence-corrected chi connectivity index (χ4v) is 4.83. The van der Waals surface area contributed by atoms with E-state index in [1.807, 2.05) is 63.2 Å². The first-order chi connectivity index (χ1) is 17.5. The van der Waals surface area contributed by atoms with E-state index in [2.05, 4.69) is 0 Å². The molecule has 0 aromatic heterocycles. The van der Waals surface area contributed by atoms with E-state index in [9.17, 15) is 14.4 Å². The number of esters is 1. The highest BCUT2D eigenvalue weighted by Gasteiger charge is 2.40. The van der Waals surface area contributed by atoms with Crippen LogP contribution in [0.2, 0.25) is 5.02 Å². The van der Waals surface area contributed by atoms with Crippen molar-refractivity contribution in [1.82, 2.24) is 9.80 Å². The third kappa shape index (κ3) is 6.52.